The number of aromatic nitrogens is 6. The lowest BCUT2D eigenvalue weighted by Crippen LogP contribution is -2.22. The molecule has 1 aliphatic carbocycles. The number of nitrogen functional groups attached to an aromatic ring is 1. The maximum atomic E-state index is 13.9. The van der Waals surface area contributed by atoms with Crippen molar-refractivity contribution in [1.29, 1.82) is 0 Å². The first kappa shape index (κ1) is 24.1. The third-order valence-corrected chi connectivity index (χ3v) is 6.77. The molecule has 13 heteroatoms. The van der Waals surface area contributed by atoms with Crippen LogP contribution in [0.4, 0.5) is 27.5 Å². The van der Waals surface area contributed by atoms with Gasteiger partial charge in [0, 0.05) is 24.9 Å². The molecule has 0 bridgehead atoms. The molecule has 0 radical (unpaired) electrons. The van der Waals surface area contributed by atoms with Gasteiger partial charge in [-0.05, 0) is 43.5 Å². The molecule has 0 aromatic carbocycles. The Morgan fingerprint density at radius 3 is 2.74 bits per heavy atom. The Morgan fingerprint density at radius 2 is 1.97 bits per heavy atom. The number of rotatable bonds is 3. The minimum absolute atomic E-state index is 0.117. The number of hydrogen-bond donors (Lipinski definition) is 3. The predicted octanol–water partition coefficient (Wildman–Crippen LogP) is 2.68. The molecule has 3 aliphatic rings. The molecule has 0 unspecified atom stereocenters. The molecule has 1 saturated carbocycles. The molecule has 12 nitrogen and oxygen atoms in total. The number of aliphatic hydroxyl groups is 1. The second-order valence-electron chi connectivity index (χ2n) is 9.42. The molecule has 2 fully saturated rings. The summed E-state index contributed by atoms with van der Waals surface area (Å²) in [5.41, 5.74) is 8.91. The predicted molar refractivity (Wildman–Crippen MR) is 137 cm³/mol. The van der Waals surface area contributed by atoms with Crippen LogP contribution < -0.4 is 16.0 Å². The van der Waals surface area contributed by atoms with Crippen molar-refractivity contribution < 1.29 is 19.0 Å². The summed E-state index contributed by atoms with van der Waals surface area (Å²) in [6.07, 6.45) is 6.05. The van der Waals surface area contributed by atoms with E-state index in [-0.39, 0.29) is 24.8 Å². The van der Waals surface area contributed by atoms with Crippen LogP contribution in [0.15, 0.2) is 43.2 Å². The molecule has 0 spiro atoms. The Bertz CT molecular complexity index is 1510. The molecule has 3 atom stereocenters. The fourth-order valence-corrected chi connectivity index (χ4v) is 4.73. The van der Waals surface area contributed by atoms with Crippen LogP contribution in [0.3, 0.4) is 0 Å². The van der Waals surface area contributed by atoms with Crippen molar-refractivity contribution >= 4 is 40.2 Å². The van der Waals surface area contributed by atoms with Crippen molar-refractivity contribution in [3.8, 4) is 0 Å². The van der Waals surface area contributed by atoms with Crippen LogP contribution in [-0.4, -0.2) is 65.4 Å². The van der Waals surface area contributed by atoms with Gasteiger partial charge in [-0.2, -0.15) is 0 Å². The number of imidazole rings is 1. The number of carbonyl (C=O) groups excluding carboxylic acids is 1. The van der Waals surface area contributed by atoms with E-state index in [1.165, 1.54) is 17.2 Å². The summed E-state index contributed by atoms with van der Waals surface area (Å²) < 4.78 is 20.7. The van der Waals surface area contributed by atoms with Gasteiger partial charge < -0.3 is 25.8 Å². The number of amides is 1. The fourth-order valence-electron chi connectivity index (χ4n) is 4.73. The zero-order valence-corrected chi connectivity index (χ0v) is 20.5. The Hall–Kier alpha value is -4.23. The number of pyridine rings is 2. The summed E-state index contributed by atoms with van der Waals surface area (Å²) >= 11 is 0. The van der Waals surface area contributed by atoms with Crippen molar-refractivity contribution in [3.05, 3.63) is 54.4 Å². The first-order valence-corrected chi connectivity index (χ1v) is 12.3. The van der Waals surface area contributed by atoms with Crippen molar-refractivity contribution in [2.24, 2.45) is 0 Å². The van der Waals surface area contributed by atoms with Gasteiger partial charge in [-0.1, -0.05) is 0 Å². The van der Waals surface area contributed by atoms with E-state index in [1.807, 2.05) is 19.1 Å². The van der Waals surface area contributed by atoms with Gasteiger partial charge >= 0.3 is 0 Å². The zero-order valence-electron chi connectivity index (χ0n) is 20.5. The number of nitrogens with two attached hydrogens (primary N) is 1. The standard InChI is InChI=1S/C15H14N4O.C10H12FN5O2/c1-9-6-8-17-14-12(9)18-15(20)11-3-2-7-16-13(11)19(14)10-4-5-10;11-6-1-5(2-17)18-10(6)16-4-15-7-8(12)13-3-14-9(7)16/h2-3,6-8,10H,4-5H2,1H3,(H,18,20);3-6,10,17H,1-2H2,(H2,12,13,14)/t;5-,6-,10+/m.0/s1. The first-order valence-electron chi connectivity index (χ1n) is 12.3. The number of alkyl halides is 1. The van der Waals surface area contributed by atoms with Gasteiger partial charge in [-0.25, -0.2) is 29.3 Å². The van der Waals surface area contributed by atoms with Gasteiger partial charge in [0.25, 0.3) is 5.91 Å². The molecule has 1 saturated heterocycles. The molecular weight excluding hydrogens is 493 g/mol. The highest BCUT2D eigenvalue weighted by atomic mass is 19.1. The summed E-state index contributed by atoms with van der Waals surface area (Å²) in [6.45, 7) is 1.77. The SMILES string of the molecule is Cc1ccnc2c1NC(=O)c1cccnc1N2C1CC1.Nc1ncnc2c1ncn2[C@@H]1O[C@H](CO)C[C@@H]1F. The van der Waals surface area contributed by atoms with E-state index < -0.39 is 18.5 Å². The number of ether oxygens (including phenoxy) is 1. The molecule has 4 aromatic rings. The van der Waals surface area contributed by atoms with Gasteiger partial charge in [0.2, 0.25) is 0 Å². The molecule has 1 amide bonds. The molecule has 7 rings (SSSR count). The third kappa shape index (κ3) is 4.19. The highest BCUT2D eigenvalue weighted by molar-refractivity contribution is 6.11. The summed E-state index contributed by atoms with van der Waals surface area (Å²) in [5, 5.41) is 12.0. The number of fused-ring (bicyclic) bond motifs is 3. The van der Waals surface area contributed by atoms with E-state index in [4.69, 9.17) is 15.6 Å². The third-order valence-electron chi connectivity index (χ3n) is 6.77. The number of halogens is 1. The Kier molecular flexibility index (Phi) is 6.08. The maximum Gasteiger partial charge on any atom is 0.259 e. The van der Waals surface area contributed by atoms with E-state index in [2.05, 4.69) is 35.1 Å². The monoisotopic (exact) mass is 519 g/mol. The van der Waals surface area contributed by atoms with Crippen LogP contribution >= 0.6 is 0 Å². The smallest absolute Gasteiger partial charge is 0.259 e. The van der Waals surface area contributed by atoms with Gasteiger partial charge in [0.05, 0.1) is 30.3 Å². The number of aryl methyl sites for hydroxylation is 1. The van der Waals surface area contributed by atoms with Gasteiger partial charge in [-0.3, -0.25) is 9.36 Å². The van der Waals surface area contributed by atoms with Crippen molar-refractivity contribution in [1.82, 2.24) is 29.5 Å². The quantitative estimate of drug-likeness (QED) is 0.367. The fraction of sp³-hybridized carbons (Fsp3) is 0.360. The van der Waals surface area contributed by atoms with Crippen LogP contribution in [-0.2, 0) is 4.74 Å². The minimum atomic E-state index is -1.21. The maximum absolute atomic E-state index is 13.9. The summed E-state index contributed by atoms with van der Waals surface area (Å²) in [7, 11) is 0. The molecule has 4 N–H and O–H groups in total. The lowest BCUT2D eigenvalue weighted by Gasteiger charge is -2.23. The summed E-state index contributed by atoms with van der Waals surface area (Å²) in [6, 6.07) is 5.91. The Balaban J connectivity index is 0.000000140. The molecule has 4 aromatic heterocycles. The average molecular weight is 520 g/mol. The molecule has 6 heterocycles. The summed E-state index contributed by atoms with van der Waals surface area (Å²) in [4.78, 5) is 35.3. The number of hydrogen-bond acceptors (Lipinski definition) is 10. The average Bonchev–Trinajstić information content (AvgIpc) is 3.57. The van der Waals surface area contributed by atoms with E-state index >= 15 is 0 Å². The topological polar surface area (TPSA) is 157 Å². The molecule has 2 aliphatic heterocycles. The second-order valence-corrected chi connectivity index (χ2v) is 9.42. The van der Waals surface area contributed by atoms with Gasteiger partial charge in [0.1, 0.15) is 23.8 Å². The number of nitrogens with zero attached hydrogens (tertiary/aromatic N) is 7. The number of anilines is 4. The zero-order chi connectivity index (χ0) is 26.4. The van der Waals surface area contributed by atoms with Crippen LogP contribution in [0.25, 0.3) is 11.2 Å². The lowest BCUT2D eigenvalue weighted by molar-refractivity contribution is -0.0351. The van der Waals surface area contributed by atoms with E-state index in [0.717, 1.165) is 29.9 Å². The lowest BCUT2D eigenvalue weighted by atomic mass is 10.2. The van der Waals surface area contributed by atoms with Crippen molar-refractivity contribution in [2.45, 2.75) is 50.7 Å². The van der Waals surface area contributed by atoms with Crippen LogP contribution in [0.5, 0.6) is 0 Å². The highest BCUT2D eigenvalue weighted by Crippen LogP contribution is 2.43. The van der Waals surface area contributed by atoms with E-state index in [0.29, 0.717) is 28.6 Å². The molecular formula is C25H26FN9O3. The van der Waals surface area contributed by atoms with Gasteiger partial charge in [0.15, 0.2) is 23.5 Å². The van der Waals surface area contributed by atoms with Crippen molar-refractivity contribution in [3.63, 3.8) is 0 Å². The van der Waals surface area contributed by atoms with E-state index in [9.17, 15) is 9.18 Å². The second kappa shape index (κ2) is 9.58. The van der Waals surface area contributed by atoms with Crippen LogP contribution in [0.2, 0.25) is 0 Å². The Labute approximate surface area is 216 Å². The summed E-state index contributed by atoms with van der Waals surface area (Å²) in [5.74, 6) is 1.64. The largest absolute Gasteiger partial charge is 0.394 e. The highest BCUT2D eigenvalue weighted by Gasteiger charge is 2.38. The van der Waals surface area contributed by atoms with Crippen LogP contribution in [0.1, 0.15) is 41.4 Å². The number of nitrogens with one attached hydrogen (secondary N) is 1. The Morgan fingerprint density at radius 1 is 1.16 bits per heavy atom. The molecule has 38 heavy (non-hydrogen) atoms. The van der Waals surface area contributed by atoms with Crippen molar-refractivity contribution in [2.75, 3.05) is 22.6 Å². The normalized spacial score (nSPS) is 22.2. The minimum Gasteiger partial charge on any atom is -0.394 e. The van der Waals surface area contributed by atoms with E-state index in [1.54, 1.807) is 18.5 Å². The number of carbonyl (C=O) groups is 1. The first-order chi connectivity index (χ1) is 18.5. The molecule has 196 valence electrons. The number of aliphatic hydroxyl groups excluding tert-OH is 1. The van der Waals surface area contributed by atoms with Gasteiger partial charge in [-0.15, -0.1) is 0 Å². The van der Waals surface area contributed by atoms with Crippen LogP contribution in [0, 0.1) is 6.92 Å².